The number of benzene rings is 2. The molecule has 4 nitrogen and oxygen atoms in total. The second kappa shape index (κ2) is 7.18. The summed E-state index contributed by atoms with van der Waals surface area (Å²) in [5, 5.41) is 2.90. The predicted molar refractivity (Wildman–Crippen MR) is 99.1 cm³/mol. The van der Waals surface area contributed by atoms with Crippen molar-refractivity contribution in [3.63, 3.8) is 0 Å². The quantitative estimate of drug-likeness (QED) is 0.862. The Bertz CT molecular complexity index is 758. The summed E-state index contributed by atoms with van der Waals surface area (Å²) in [7, 11) is 0. The third-order valence-corrected chi connectivity index (χ3v) is 4.98. The van der Waals surface area contributed by atoms with E-state index in [0.29, 0.717) is 6.54 Å². The fourth-order valence-electron chi connectivity index (χ4n) is 2.84. The number of carbonyl (C=O) groups excluding carboxylic acids is 2. The number of halogens is 1. The maximum atomic E-state index is 12.5. The molecule has 1 N–H and O–H groups in total. The zero-order chi connectivity index (χ0) is 17.1. The fourth-order valence-corrected chi connectivity index (χ4v) is 3.23. The molecule has 1 aliphatic heterocycles. The molecule has 0 radical (unpaired) electrons. The van der Waals surface area contributed by atoms with Crippen LogP contribution in [-0.4, -0.2) is 18.4 Å². The highest BCUT2D eigenvalue weighted by atomic mass is 79.9. The van der Waals surface area contributed by atoms with Crippen molar-refractivity contribution in [1.82, 2.24) is 0 Å². The molecule has 2 aromatic rings. The molecule has 1 saturated heterocycles. The number of nitrogens with zero attached hydrogens (tertiary/aromatic N) is 1. The van der Waals surface area contributed by atoms with Crippen molar-refractivity contribution in [1.29, 1.82) is 0 Å². The largest absolute Gasteiger partial charge is 0.325 e. The Hall–Kier alpha value is -2.14. The van der Waals surface area contributed by atoms with Crippen LogP contribution >= 0.6 is 15.9 Å². The van der Waals surface area contributed by atoms with Gasteiger partial charge in [-0.15, -0.1) is 0 Å². The Labute approximate surface area is 150 Å². The number of anilines is 2. The van der Waals surface area contributed by atoms with E-state index in [0.717, 1.165) is 22.3 Å². The maximum absolute atomic E-state index is 12.5. The van der Waals surface area contributed by atoms with Gasteiger partial charge in [0.1, 0.15) is 0 Å². The molecule has 2 amide bonds. The molecule has 2 aromatic carbocycles. The van der Waals surface area contributed by atoms with Crippen LogP contribution in [0.2, 0.25) is 0 Å². The minimum Gasteiger partial charge on any atom is -0.325 e. The number of hydrogen-bond acceptors (Lipinski definition) is 2. The van der Waals surface area contributed by atoms with E-state index in [2.05, 4.69) is 28.2 Å². The molecule has 1 aliphatic rings. The molecule has 1 atom stereocenters. The molecule has 1 heterocycles. The Morgan fingerprint density at radius 2 is 1.92 bits per heavy atom. The topological polar surface area (TPSA) is 49.4 Å². The van der Waals surface area contributed by atoms with E-state index in [1.54, 1.807) is 4.90 Å². The van der Waals surface area contributed by atoms with Gasteiger partial charge in [-0.05, 0) is 52.2 Å². The summed E-state index contributed by atoms with van der Waals surface area (Å²) in [6.45, 7) is 2.51. The van der Waals surface area contributed by atoms with E-state index < -0.39 is 0 Å². The van der Waals surface area contributed by atoms with E-state index in [9.17, 15) is 9.59 Å². The molecule has 0 aliphatic carbocycles. The van der Waals surface area contributed by atoms with E-state index in [4.69, 9.17) is 0 Å². The predicted octanol–water partition coefficient (Wildman–Crippen LogP) is 4.00. The third kappa shape index (κ3) is 3.51. The fraction of sp³-hybridized carbons (Fsp3) is 0.263. The number of amides is 2. The van der Waals surface area contributed by atoms with Gasteiger partial charge < -0.3 is 10.2 Å². The monoisotopic (exact) mass is 386 g/mol. The van der Waals surface area contributed by atoms with Gasteiger partial charge in [0, 0.05) is 23.1 Å². The lowest BCUT2D eigenvalue weighted by molar-refractivity contribution is -0.122. The van der Waals surface area contributed by atoms with Gasteiger partial charge in [-0.25, -0.2) is 0 Å². The summed E-state index contributed by atoms with van der Waals surface area (Å²) < 4.78 is 0.828. The second-order valence-corrected chi connectivity index (χ2v) is 6.75. The van der Waals surface area contributed by atoms with Crippen LogP contribution < -0.4 is 10.2 Å². The van der Waals surface area contributed by atoms with Crippen LogP contribution in [-0.2, 0) is 16.0 Å². The molecule has 0 saturated carbocycles. The Morgan fingerprint density at radius 3 is 2.58 bits per heavy atom. The summed E-state index contributed by atoms with van der Waals surface area (Å²) in [6, 6.07) is 15.4. The smallest absolute Gasteiger partial charge is 0.229 e. The van der Waals surface area contributed by atoms with Crippen molar-refractivity contribution in [2.75, 3.05) is 16.8 Å². The lowest BCUT2D eigenvalue weighted by Gasteiger charge is -2.17. The van der Waals surface area contributed by atoms with Gasteiger partial charge in [-0.1, -0.05) is 31.2 Å². The lowest BCUT2D eigenvalue weighted by Crippen LogP contribution is -2.28. The molecule has 0 unspecified atom stereocenters. The first-order valence-corrected chi connectivity index (χ1v) is 8.82. The van der Waals surface area contributed by atoms with Gasteiger partial charge in [-0.2, -0.15) is 0 Å². The van der Waals surface area contributed by atoms with Gasteiger partial charge in [0.05, 0.1) is 11.6 Å². The minimum atomic E-state index is -0.338. The molecule has 3 rings (SSSR count). The number of hydrogen-bond donors (Lipinski definition) is 1. The highest BCUT2D eigenvalue weighted by molar-refractivity contribution is 9.10. The Balaban J connectivity index is 1.69. The Kier molecular flexibility index (Phi) is 5.00. The number of para-hydroxylation sites is 1. The zero-order valence-electron chi connectivity index (χ0n) is 13.5. The van der Waals surface area contributed by atoms with Gasteiger partial charge >= 0.3 is 0 Å². The summed E-state index contributed by atoms with van der Waals surface area (Å²) in [4.78, 5) is 26.5. The highest BCUT2D eigenvalue weighted by Crippen LogP contribution is 2.28. The van der Waals surface area contributed by atoms with Gasteiger partial charge in [0.15, 0.2) is 0 Å². The van der Waals surface area contributed by atoms with Crippen molar-refractivity contribution in [3.05, 3.63) is 58.6 Å². The molecule has 0 spiro atoms. The Morgan fingerprint density at radius 1 is 1.21 bits per heavy atom. The first-order valence-electron chi connectivity index (χ1n) is 8.03. The van der Waals surface area contributed by atoms with E-state index in [1.165, 1.54) is 5.56 Å². The molecule has 1 fully saturated rings. The van der Waals surface area contributed by atoms with Crippen LogP contribution in [0.25, 0.3) is 0 Å². The normalized spacial score (nSPS) is 17.2. The average molecular weight is 387 g/mol. The number of rotatable bonds is 4. The van der Waals surface area contributed by atoms with E-state index >= 15 is 0 Å². The van der Waals surface area contributed by atoms with Gasteiger partial charge in [-0.3, -0.25) is 9.59 Å². The molecule has 5 heteroatoms. The first-order chi connectivity index (χ1) is 11.6. The van der Waals surface area contributed by atoms with Gasteiger partial charge in [0.2, 0.25) is 11.8 Å². The summed E-state index contributed by atoms with van der Waals surface area (Å²) >= 11 is 3.42. The van der Waals surface area contributed by atoms with Crippen LogP contribution in [0.5, 0.6) is 0 Å². The van der Waals surface area contributed by atoms with Crippen LogP contribution in [0.4, 0.5) is 11.4 Å². The van der Waals surface area contributed by atoms with E-state index in [1.807, 2.05) is 48.5 Å². The number of aryl methyl sites for hydroxylation is 1. The second-order valence-electron chi connectivity index (χ2n) is 5.89. The minimum absolute atomic E-state index is 0.00785. The maximum Gasteiger partial charge on any atom is 0.229 e. The molecular weight excluding hydrogens is 368 g/mol. The molecule has 0 aromatic heterocycles. The molecular formula is C19H19BrN2O2. The zero-order valence-corrected chi connectivity index (χ0v) is 15.0. The third-order valence-electron chi connectivity index (χ3n) is 4.28. The standard InChI is InChI=1S/C19H19BrN2O2/c1-2-13-7-9-15(10-8-13)22-12-14(11-18(22)23)19(24)21-17-6-4-3-5-16(17)20/h3-10,14H,2,11-12H2,1H3,(H,21,24)/t14-/m0/s1. The van der Waals surface area contributed by atoms with Crippen molar-refractivity contribution in [2.45, 2.75) is 19.8 Å². The van der Waals surface area contributed by atoms with Gasteiger partial charge in [0.25, 0.3) is 0 Å². The van der Waals surface area contributed by atoms with E-state index in [-0.39, 0.29) is 24.2 Å². The first kappa shape index (κ1) is 16.7. The summed E-state index contributed by atoms with van der Waals surface area (Å²) in [5.41, 5.74) is 2.81. The lowest BCUT2D eigenvalue weighted by atomic mass is 10.1. The van der Waals surface area contributed by atoms with Crippen LogP contribution in [0.3, 0.4) is 0 Å². The summed E-state index contributed by atoms with van der Waals surface area (Å²) in [6.07, 6.45) is 1.21. The molecule has 0 bridgehead atoms. The van der Waals surface area contributed by atoms with Crippen molar-refractivity contribution >= 4 is 39.1 Å². The summed E-state index contributed by atoms with van der Waals surface area (Å²) in [5.74, 6) is -0.468. The van der Waals surface area contributed by atoms with Crippen LogP contribution in [0.15, 0.2) is 53.0 Å². The van der Waals surface area contributed by atoms with Crippen molar-refractivity contribution < 1.29 is 9.59 Å². The number of nitrogens with one attached hydrogen (secondary N) is 1. The number of carbonyl (C=O) groups is 2. The van der Waals surface area contributed by atoms with Crippen LogP contribution in [0, 0.1) is 5.92 Å². The van der Waals surface area contributed by atoms with Crippen molar-refractivity contribution in [2.24, 2.45) is 5.92 Å². The highest BCUT2D eigenvalue weighted by Gasteiger charge is 2.35. The SMILES string of the molecule is CCc1ccc(N2C[C@@H](C(=O)Nc3ccccc3Br)CC2=O)cc1. The molecule has 24 heavy (non-hydrogen) atoms. The average Bonchev–Trinajstić information content (AvgIpc) is 2.99. The molecule has 124 valence electrons. The van der Waals surface area contributed by atoms with Crippen molar-refractivity contribution in [3.8, 4) is 0 Å². The van der Waals surface area contributed by atoms with Crippen LogP contribution in [0.1, 0.15) is 18.9 Å².